The van der Waals surface area contributed by atoms with Crippen molar-refractivity contribution in [1.29, 1.82) is 0 Å². The number of rotatable bonds is 5. The first-order valence-corrected chi connectivity index (χ1v) is 7.42. The maximum atomic E-state index is 11.9. The summed E-state index contributed by atoms with van der Waals surface area (Å²) in [5.41, 5.74) is 3.08. The number of anilines is 1. The van der Waals surface area contributed by atoms with E-state index in [0.29, 0.717) is 16.8 Å². The summed E-state index contributed by atoms with van der Waals surface area (Å²) in [5.74, 6) is -0.109. The lowest BCUT2D eigenvalue weighted by Gasteiger charge is -2.12. The number of fused-ring (bicyclic) bond motifs is 1. The second kappa shape index (κ2) is 6.32. The van der Waals surface area contributed by atoms with Crippen LogP contribution in [-0.2, 0) is 4.79 Å². The number of carbonyl (C=O) groups excluding carboxylic acids is 1. The first kappa shape index (κ1) is 14.2. The molecule has 2 aromatic rings. The molecule has 1 heterocycles. The van der Waals surface area contributed by atoms with Crippen LogP contribution in [0.2, 0.25) is 5.02 Å². The fourth-order valence-corrected chi connectivity index (χ4v) is 2.50. The van der Waals surface area contributed by atoms with Crippen LogP contribution in [0.3, 0.4) is 0 Å². The number of halogens is 1. The average molecular weight is 298 g/mol. The predicted octanol–water partition coefficient (Wildman–Crippen LogP) is 3.28. The van der Waals surface area contributed by atoms with Gasteiger partial charge in [-0.3, -0.25) is 4.79 Å². The molecule has 6 heteroatoms. The molecule has 0 fully saturated rings. The molecule has 0 bridgehead atoms. The van der Waals surface area contributed by atoms with Gasteiger partial charge in [0.2, 0.25) is 5.91 Å². The SMILES string of the molecule is CCC(C)NCC(=O)Nc1c(Cl)ccc2scnc12. The molecule has 1 atom stereocenters. The van der Waals surface area contributed by atoms with E-state index in [1.807, 2.05) is 13.0 Å². The van der Waals surface area contributed by atoms with Crippen LogP contribution in [0.5, 0.6) is 0 Å². The van der Waals surface area contributed by atoms with Crippen molar-refractivity contribution < 1.29 is 4.79 Å². The highest BCUT2D eigenvalue weighted by molar-refractivity contribution is 7.16. The third-order valence-electron chi connectivity index (χ3n) is 2.94. The molecule has 1 amide bonds. The van der Waals surface area contributed by atoms with Gasteiger partial charge < -0.3 is 10.6 Å². The van der Waals surface area contributed by atoms with E-state index in [0.717, 1.165) is 16.6 Å². The molecule has 0 aliphatic rings. The molecule has 0 radical (unpaired) electrons. The molecule has 0 aliphatic carbocycles. The van der Waals surface area contributed by atoms with Crippen molar-refractivity contribution in [3.05, 3.63) is 22.7 Å². The van der Waals surface area contributed by atoms with Crippen molar-refractivity contribution in [2.45, 2.75) is 26.3 Å². The quantitative estimate of drug-likeness (QED) is 0.890. The zero-order valence-electron chi connectivity index (χ0n) is 10.9. The van der Waals surface area contributed by atoms with Crippen molar-refractivity contribution in [2.75, 3.05) is 11.9 Å². The Bertz CT molecular complexity index is 584. The van der Waals surface area contributed by atoms with Gasteiger partial charge in [-0.2, -0.15) is 0 Å². The summed E-state index contributed by atoms with van der Waals surface area (Å²) in [6, 6.07) is 4.00. The number of benzene rings is 1. The van der Waals surface area contributed by atoms with E-state index in [9.17, 15) is 4.79 Å². The van der Waals surface area contributed by atoms with Crippen molar-refractivity contribution >= 4 is 44.7 Å². The molecule has 0 saturated carbocycles. The summed E-state index contributed by atoms with van der Waals surface area (Å²) in [6.45, 7) is 4.38. The molecule has 1 unspecified atom stereocenters. The maximum Gasteiger partial charge on any atom is 0.238 e. The van der Waals surface area contributed by atoms with Crippen molar-refractivity contribution in [3.8, 4) is 0 Å². The molecule has 19 heavy (non-hydrogen) atoms. The van der Waals surface area contributed by atoms with Crippen LogP contribution in [0.25, 0.3) is 10.2 Å². The number of nitrogens with zero attached hydrogens (tertiary/aromatic N) is 1. The fourth-order valence-electron chi connectivity index (χ4n) is 1.62. The molecule has 0 saturated heterocycles. The molecule has 1 aromatic carbocycles. The summed E-state index contributed by atoms with van der Waals surface area (Å²) >= 11 is 7.65. The number of amides is 1. The second-order valence-corrected chi connectivity index (χ2v) is 5.65. The minimum Gasteiger partial charge on any atom is -0.322 e. The Balaban J connectivity index is 2.10. The van der Waals surface area contributed by atoms with Gasteiger partial charge in [0.05, 0.1) is 27.5 Å². The Hall–Kier alpha value is -1.17. The first-order chi connectivity index (χ1) is 9.11. The molecule has 4 nitrogen and oxygen atoms in total. The largest absolute Gasteiger partial charge is 0.322 e. The van der Waals surface area contributed by atoms with E-state index < -0.39 is 0 Å². The number of hydrogen-bond acceptors (Lipinski definition) is 4. The predicted molar refractivity (Wildman–Crippen MR) is 81.0 cm³/mol. The van der Waals surface area contributed by atoms with Gasteiger partial charge in [-0.05, 0) is 25.5 Å². The van der Waals surface area contributed by atoms with Gasteiger partial charge in [0, 0.05) is 6.04 Å². The van der Waals surface area contributed by atoms with E-state index in [4.69, 9.17) is 11.6 Å². The lowest BCUT2D eigenvalue weighted by molar-refractivity contribution is -0.115. The summed E-state index contributed by atoms with van der Waals surface area (Å²) in [7, 11) is 0. The number of nitrogens with one attached hydrogen (secondary N) is 2. The van der Waals surface area contributed by atoms with E-state index in [-0.39, 0.29) is 12.5 Å². The number of hydrogen-bond donors (Lipinski definition) is 2. The Kier molecular flexibility index (Phi) is 4.74. The topological polar surface area (TPSA) is 54.0 Å². The van der Waals surface area contributed by atoms with Gasteiger partial charge in [0.15, 0.2) is 0 Å². The zero-order chi connectivity index (χ0) is 13.8. The van der Waals surface area contributed by atoms with E-state index >= 15 is 0 Å². The van der Waals surface area contributed by atoms with Gasteiger partial charge in [-0.15, -0.1) is 11.3 Å². The van der Waals surface area contributed by atoms with Gasteiger partial charge in [0.1, 0.15) is 5.52 Å². The third-order valence-corrected chi connectivity index (χ3v) is 4.05. The van der Waals surface area contributed by atoms with Crippen LogP contribution in [0.4, 0.5) is 5.69 Å². The highest BCUT2D eigenvalue weighted by Crippen LogP contribution is 2.32. The highest BCUT2D eigenvalue weighted by Gasteiger charge is 2.12. The fraction of sp³-hybridized carbons (Fsp3) is 0.385. The van der Waals surface area contributed by atoms with Crippen LogP contribution in [0, 0.1) is 0 Å². The molecule has 2 N–H and O–H groups in total. The van der Waals surface area contributed by atoms with E-state index in [1.165, 1.54) is 11.3 Å². The standard InChI is InChI=1S/C13H16ClN3OS/c1-3-8(2)15-6-11(18)17-12-9(14)4-5-10-13(12)16-7-19-10/h4-5,7-8,15H,3,6H2,1-2H3,(H,17,18). The first-order valence-electron chi connectivity index (χ1n) is 6.16. The normalized spacial score (nSPS) is 12.6. The number of thiazole rings is 1. The summed E-state index contributed by atoms with van der Waals surface area (Å²) < 4.78 is 1.01. The maximum absolute atomic E-state index is 11.9. The minimum absolute atomic E-state index is 0.109. The van der Waals surface area contributed by atoms with Crippen molar-refractivity contribution in [1.82, 2.24) is 10.3 Å². The van der Waals surface area contributed by atoms with Gasteiger partial charge in [0.25, 0.3) is 0 Å². The zero-order valence-corrected chi connectivity index (χ0v) is 12.4. The third kappa shape index (κ3) is 3.43. The van der Waals surface area contributed by atoms with Crippen LogP contribution >= 0.6 is 22.9 Å². The molecule has 1 aromatic heterocycles. The Labute approximate surface area is 121 Å². The summed E-state index contributed by atoms with van der Waals surface area (Å²) in [4.78, 5) is 16.1. The number of aromatic nitrogens is 1. The molecule has 0 spiro atoms. The van der Waals surface area contributed by atoms with Crippen LogP contribution in [-0.4, -0.2) is 23.5 Å². The number of carbonyl (C=O) groups is 1. The molecule has 2 rings (SSSR count). The lowest BCUT2D eigenvalue weighted by atomic mass is 10.2. The smallest absolute Gasteiger partial charge is 0.238 e. The minimum atomic E-state index is -0.109. The Morgan fingerprint density at radius 1 is 1.53 bits per heavy atom. The molecule has 0 aliphatic heterocycles. The summed E-state index contributed by atoms with van der Waals surface area (Å²) in [5, 5.41) is 6.48. The van der Waals surface area contributed by atoms with Crippen LogP contribution < -0.4 is 10.6 Å². The van der Waals surface area contributed by atoms with E-state index in [1.54, 1.807) is 11.6 Å². The van der Waals surface area contributed by atoms with E-state index in [2.05, 4.69) is 22.5 Å². The van der Waals surface area contributed by atoms with Crippen LogP contribution in [0.1, 0.15) is 20.3 Å². The molecular formula is C13H16ClN3OS. The van der Waals surface area contributed by atoms with Gasteiger partial charge >= 0.3 is 0 Å². The van der Waals surface area contributed by atoms with Gasteiger partial charge in [-0.1, -0.05) is 18.5 Å². The van der Waals surface area contributed by atoms with Crippen LogP contribution in [0.15, 0.2) is 17.6 Å². The Morgan fingerprint density at radius 3 is 3.05 bits per heavy atom. The highest BCUT2D eigenvalue weighted by atomic mass is 35.5. The second-order valence-electron chi connectivity index (χ2n) is 4.36. The molecular weight excluding hydrogens is 282 g/mol. The average Bonchev–Trinajstić information content (AvgIpc) is 2.87. The van der Waals surface area contributed by atoms with Crippen molar-refractivity contribution in [3.63, 3.8) is 0 Å². The van der Waals surface area contributed by atoms with Gasteiger partial charge in [-0.25, -0.2) is 4.98 Å². The Morgan fingerprint density at radius 2 is 2.32 bits per heavy atom. The van der Waals surface area contributed by atoms with Crippen molar-refractivity contribution in [2.24, 2.45) is 0 Å². The monoisotopic (exact) mass is 297 g/mol. The summed E-state index contributed by atoms with van der Waals surface area (Å²) in [6.07, 6.45) is 0.982. The lowest BCUT2D eigenvalue weighted by Crippen LogP contribution is -2.34. The molecule has 102 valence electrons.